The van der Waals surface area contributed by atoms with E-state index in [2.05, 4.69) is 34.9 Å². The lowest BCUT2D eigenvalue weighted by molar-refractivity contribution is 0.169. The molecule has 0 amide bonds. The quantitative estimate of drug-likeness (QED) is 0.882. The number of rotatable bonds is 5. The van der Waals surface area contributed by atoms with Gasteiger partial charge in [-0.05, 0) is 45.5 Å². The van der Waals surface area contributed by atoms with Crippen LogP contribution in [0.15, 0.2) is 18.3 Å². The average molecular weight is 263 g/mol. The van der Waals surface area contributed by atoms with Gasteiger partial charge in [0.1, 0.15) is 0 Å². The molecule has 1 fully saturated rings. The third-order valence-corrected chi connectivity index (χ3v) is 3.78. The summed E-state index contributed by atoms with van der Waals surface area (Å²) < 4.78 is 0. The summed E-state index contributed by atoms with van der Waals surface area (Å²) in [6, 6.07) is 4.63. The minimum atomic E-state index is -0.440. The van der Waals surface area contributed by atoms with Crippen molar-refractivity contribution in [1.29, 1.82) is 0 Å². The van der Waals surface area contributed by atoms with Crippen LogP contribution in [0.1, 0.15) is 38.0 Å². The first-order valence-electron chi connectivity index (χ1n) is 7.17. The zero-order chi connectivity index (χ0) is 13.8. The highest BCUT2D eigenvalue weighted by Gasteiger charge is 2.25. The molecule has 106 valence electrons. The van der Waals surface area contributed by atoms with Gasteiger partial charge in [0.2, 0.25) is 0 Å². The van der Waals surface area contributed by atoms with E-state index in [-0.39, 0.29) is 0 Å². The number of aliphatic hydroxyl groups is 1. The largest absolute Gasteiger partial charge is 0.387 e. The lowest BCUT2D eigenvalue weighted by Crippen LogP contribution is -2.37. The molecule has 0 bridgehead atoms. The SMILES string of the molecule is CC[C@H](O)c1ccc(N2CCCC2CN(C)C)cn1. The van der Waals surface area contributed by atoms with Crippen LogP contribution in [0.3, 0.4) is 0 Å². The zero-order valence-electron chi connectivity index (χ0n) is 12.2. The van der Waals surface area contributed by atoms with Crippen LogP contribution in [-0.2, 0) is 0 Å². The summed E-state index contributed by atoms with van der Waals surface area (Å²) in [7, 11) is 4.24. The predicted molar refractivity (Wildman–Crippen MR) is 78.4 cm³/mol. The molecule has 0 saturated carbocycles. The molecule has 19 heavy (non-hydrogen) atoms. The summed E-state index contributed by atoms with van der Waals surface area (Å²) in [4.78, 5) is 9.08. The van der Waals surface area contributed by atoms with Gasteiger partial charge in [0.05, 0.1) is 23.7 Å². The van der Waals surface area contributed by atoms with E-state index in [0.717, 1.165) is 18.8 Å². The predicted octanol–water partition coefficient (Wildman–Crippen LogP) is 2.06. The highest BCUT2D eigenvalue weighted by Crippen LogP contribution is 2.26. The van der Waals surface area contributed by atoms with Gasteiger partial charge < -0.3 is 14.9 Å². The molecule has 2 atom stereocenters. The summed E-state index contributed by atoms with van der Waals surface area (Å²) in [6.45, 7) is 4.16. The van der Waals surface area contributed by atoms with Gasteiger partial charge in [-0.15, -0.1) is 0 Å². The summed E-state index contributed by atoms with van der Waals surface area (Å²) in [5.41, 5.74) is 1.95. The molecular weight excluding hydrogens is 238 g/mol. The van der Waals surface area contributed by atoms with E-state index in [1.165, 1.54) is 18.5 Å². The topological polar surface area (TPSA) is 39.6 Å². The van der Waals surface area contributed by atoms with Gasteiger partial charge in [0.15, 0.2) is 0 Å². The molecule has 0 aliphatic carbocycles. The average Bonchev–Trinajstić information content (AvgIpc) is 2.85. The fourth-order valence-electron chi connectivity index (χ4n) is 2.76. The Labute approximate surface area is 116 Å². The molecule has 1 aliphatic rings. The van der Waals surface area contributed by atoms with Crippen molar-refractivity contribution in [2.75, 3.05) is 32.1 Å². The van der Waals surface area contributed by atoms with Crippen molar-refractivity contribution in [3.8, 4) is 0 Å². The number of likely N-dealkylation sites (N-methyl/N-ethyl adjacent to an activating group) is 1. The Morgan fingerprint density at radius 2 is 2.26 bits per heavy atom. The minimum absolute atomic E-state index is 0.440. The van der Waals surface area contributed by atoms with Crippen molar-refractivity contribution >= 4 is 5.69 Å². The lowest BCUT2D eigenvalue weighted by atomic mass is 10.1. The molecule has 0 radical (unpaired) electrons. The Hall–Kier alpha value is -1.13. The highest BCUT2D eigenvalue weighted by molar-refractivity contribution is 5.47. The number of aliphatic hydroxyl groups excluding tert-OH is 1. The zero-order valence-corrected chi connectivity index (χ0v) is 12.2. The van der Waals surface area contributed by atoms with E-state index < -0.39 is 6.10 Å². The third kappa shape index (κ3) is 3.45. The Morgan fingerprint density at radius 3 is 2.84 bits per heavy atom. The molecule has 1 saturated heterocycles. The van der Waals surface area contributed by atoms with Crippen molar-refractivity contribution < 1.29 is 5.11 Å². The van der Waals surface area contributed by atoms with Crippen molar-refractivity contribution in [2.24, 2.45) is 0 Å². The summed E-state index contributed by atoms with van der Waals surface area (Å²) in [5, 5.41) is 9.77. The lowest BCUT2D eigenvalue weighted by Gasteiger charge is -2.29. The Balaban J connectivity index is 2.08. The number of hydrogen-bond donors (Lipinski definition) is 1. The van der Waals surface area contributed by atoms with Gasteiger partial charge in [0.25, 0.3) is 0 Å². The maximum absolute atomic E-state index is 9.77. The number of nitrogens with zero attached hydrogens (tertiary/aromatic N) is 3. The molecule has 1 aliphatic heterocycles. The molecule has 0 spiro atoms. The van der Waals surface area contributed by atoms with Crippen LogP contribution in [0.2, 0.25) is 0 Å². The van der Waals surface area contributed by atoms with Gasteiger partial charge in [-0.3, -0.25) is 4.98 Å². The van der Waals surface area contributed by atoms with Crippen LogP contribution in [0.5, 0.6) is 0 Å². The second kappa shape index (κ2) is 6.35. The molecule has 4 heteroatoms. The van der Waals surface area contributed by atoms with Crippen molar-refractivity contribution in [1.82, 2.24) is 9.88 Å². The third-order valence-electron chi connectivity index (χ3n) is 3.78. The number of anilines is 1. The van der Waals surface area contributed by atoms with Gasteiger partial charge in [-0.1, -0.05) is 6.92 Å². The molecule has 2 heterocycles. The first kappa shape index (κ1) is 14.3. The molecule has 1 aromatic rings. The van der Waals surface area contributed by atoms with Crippen molar-refractivity contribution in [2.45, 2.75) is 38.3 Å². The van der Waals surface area contributed by atoms with Gasteiger partial charge in [-0.25, -0.2) is 0 Å². The molecule has 1 aromatic heterocycles. The first-order valence-corrected chi connectivity index (χ1v) is 7.17. The molecular formula is C15H25N3O. The van der Waals surface area contributed by atoms with Crippen molar-refractivity contribution in [3.05, 3.63) is 24.0 Å². The monoisotopic (exact) mass is 263 g/mol. The highest BCUT2D eigenvalue weighted by atomic mass is 16.3. The van der Waals surface area contributed by atoms with E-state index in [4.69, 9.17) is 0 Å². The maximum Gasteiger partial charge on any atom is 0.0957 e. The fourth-order valence-corrected chi connectivity index (χ4v) is 2.76. The van der Waals surface area contributed by atoms with Crippen LogP contribution in [0, 0.1) is 0 Å². The molecule has 2 rings (SSSR count). The van der Waals surface area contributed by atoms with Gasteiger partial charge >= 0.3 is 0 Å². The first-order chi connectivity index (χ1) is 9.11. The van der Waals surface area contributed by atoms with Crippen LogP contribution in [0.25, 0.3) is 0 Å². The van der Waals surface area contributed by atoms with E-state index >= 15 is 0 Å². The number of aromatic nitrogens is 1. The smallest absolute Gasteiger partial charge is 0.0957 e. The summed E-state index contributed by atoms with van der Waals surface area (Å²) in [6.07, 6.45) is 4.67. The Bertz CT molecular complexity index is 391. The van der Waals surface area contributed by atoms with E-state index in [0.29, 0.717) is 12.5 Å². The maximum atomic E-state index is 9.77. The van der Waals surface area contributed by atoms with Gasteiger partial charge in [0, 0.05) is 19.1 Å². The van der Waals surface area contributed by atoms with Crippen LogP contribution < -0.4 is 4.90 Å². The normalized spacial score (nSPS) is 21.1. The second-order valence-electron chi connectivity index (χ2n) is 5.62. The van der Waals surface area contributed by atoms with Crippen LogP contribution >= 0.6 is 0 Å². The van der Waals surface area contributed by atoms with Crippen LogP contribution in [0.4, 0.5) is 5.69 Å². The summed E-state index contributed by atoms with van der Waals surface area (Å²) in [5.74, 6) is 0. The molecule has 4 nitrogen and oxygen atoms in total. The van der Waals surface area contributed by atoms with Crippen molar-refractivity contribution in [3.63, 3.8) is 0 Å². The van der Waals surface area contributed by atoms with Gasteiger partial charge in [-0.2, -0.15) is 0 Å². The Kier molecular flexibility index (Phi) is 4.77. The fraction of sp³-hybridized carbons (Fsp3) is 0.667. The molecule has 1 unspecified atom stereocenters. The molecule has 0 aromatic carbocycles. The number of hydrogen-bond acceptors (Lipinski definition) is 4. The Morgan fingerprint density at radius 1 is 1.47 bits per heavy atom. The number of pyridine rings is 1. The standard InChI is InChI=1S/C15H25N3O/c1-4-15(19)14-8-7-12(10-16-14)18-9-5-6-13(18)11-17(2)3/h7-8,10,13,15,19H,4-6,9,11H2,1-3H3/t13?,15-/m0/s1. The second-order valence-corrected chi connectivity index (χ2v) is 5.62. The van der Waals surface area contributed by atoms with E-state index in [1.54, 1.807) is 0 Å². The molecule has 1 N–H and O–H groups in total. The minimum Gasteiger partial charge on any atom is -0.387 e. The summed E-state index contributed by atoms with van der Waals surface area (Å²) >= 11 is 0. The van der Waals surface area contributed by atoms with Crippen LogP contribution in [-0.4, -0.2) is 48.2 Å². The van der Waals surface area contributed by atoms with E-state index in [1.807, 2.05) is 19.2 Å². The van der Waals surface area contributed by atoms with E-state index in [9.17, 15) is 5.11 Å².